The zero-order valence-corrected chi connectivity index (χ0v) is 13.7. The van der Waals surface area contributed by atoms with Crippen molar-refractivity contribution in [2.75, 3.05) is 10.6 Å². The molecule has 2 amide bonds. The molecule has 3 rings (SSSR count). The molecule has 0 saturated heterocycles. The number of oxazole rings is 1. The SMILES string of the molecule is CCc1noc(C)c1NC(=O)Nc1cccc(-c2nc(C)co2)c1. The Hall–Kier alpha value is -3.09. The maximum atomic E-state index is 12.2. The Labute approximate surface area is 139 Å². The van der Waals surface area contributed by atoms with E-state index in [1.807, 2.05) is 26.0 Å². The zero-order valence-electron chi connectivity index (χ0n) is 13.7. The molecule has 2 N–H and O–H groups in total. The van der Waals surface area contributed by atoms with Gasteiger partial charge in [-0.1, -0.05) is 18.1 Å². The molecule has 7 nitrogen and oxygen atoms in total. The van der Waals surface area contributed by atoms with E-state index in [1.54, 1.807) is 25.3 Å². The van der Waals surface area contributed by atoms with E-state index in [0.29, 0.717) is 35.1 Å². The van der Waals surface area contributed by atoms with Crippen LogP contribution in [0.1, 0.15) is 24.1 Å². The predicted molar refractivity (Wildman–Crippen MR) is 89.9 cm³/mol. The van der Waals surface area contributed by atoms with Crippen LogP contribution in [-0.2, 0) is 6.42 Å². The topological polar surface area (TPSA) is 93.2 Å². The van der Waals surface area contributed by atoms with Crippen molar-refractivity contribution in [2.24, 2.45) is 0 Å². The Morgan fingerprint density at radius 1 is 1.25 bits per heavy atom. The fourth-order valence-corrected chi connectivity index (χ4v) is 2.31. The van der Waals surface area contributed by atoms with Crippen molar-refractivity contribution in [1.29, 1.82) is 0 Å². The summed E-state index contributed by atoms with van der Waals surface area (Å²) in [5.74, 6) is 1.09. The van der Waals surface area contributed by atoms with Crippen LogP contribution in [0.3, 0.4) is 0 Å². The van der Waals surface area contributed by atoms with Crippen LogP contribution in [0, 0.1) is 13.8 Å². The highest BCUT2D eigenvalue weighted by molar-refractivity contribution is 6.00. The number of urea groups is 1. The second-order valence-electron chi connectivity index (χ2n) is 5.37. The van der Waals surface area contributed by atoms with Crippen LogP contribution in [0.25, 0.3) is 11.5 Å². The number of rotatable bonds is 4. The minimum atomic E-state index is -0.364. The first-order valence-electron chi connectivity index (χ1n) is 7.62. The number of anilines is 2. The van der Waals surface area contributed by atoms with Gasteiger partial charge in [-0.2, -0.15) is 0 Å². The molecular weight excluding hydrogens is 308 g/mol. The summed E-state index contributed by atoms with van der Waals surface area (Å²) in [6, 6.07) is 6.92. The highest BCUT2D eigenvalue weighted by Crippen LogP contribution is 2.23. The van der Waals surface area contributed by atoms with Crippen LogP contribution in [0.15, 0.2) is 39.5 Å². The Morgan fingerprint density at radius 2 is 2.08 bits per heavy atom. The number of hydrogen-bond donors (Lipinski definition) is 2. The fraction of sp³-hybridized carbons (Fsp3) is 0.235. The number of benzene rings is 1. The van der Waals surface area contributed by atoms with Crippen LogP contribution in [0.5, 0.6) is 0 Å². The van der Waals surface area contributed by atoms with Crippen molar-refractivity contribution in [3.8, 4) is 11.5 Å². The normalized spacial score (nSPS) is 10.6. The lowest BCUT2D eigenvalue weighted by molar-refractivity contribution is 0.262. The Balaban J connectivity index is 1.74. The van der Waals surface area contributed by atoms with Gasteiger partial charge in [0.1, 0.15) is 17.6 Å². The Kier molecular flexibility index (Phi) is 4.33. The largest absolute Gasteiger partial charge is 0.444 e. The number of hydrogen-bond acceptors (Lipinski definition) is 5. The van der Waals surface area contributed by atoms with E-state index in [2.05, 4.69) is 20.8 Å². The first kappa shape index (κ1) is 15.8. The van der Waals surface area contributed by atoms with Gasteiger partial charge in [-0.05, 0) is 38.5 Å². The highest BCUT2D eigenvalue weighted by atomic mass is 16.5. The summed E-state index contributed by atoms with van der Waals surface area (Å²) in [5, 5.41) is 9.48. The van der Waals surface area contributed by atoms with Gasteiger partial charge in [0.15, 0.2) is 5.76 Å². The molecule has 0 unspecified atom stereocenters. The van der Waals surface area contributed by atoms with Gasteiger partial charge in [0.2, 0.25) is 5.89 Å². The molecule has 24 heavy (non-hydrogen) atoms. The van der Waals surface area contributed by atoms with Gasteiger partial charge < -0.3 is 19.6 Å². The van der Waals surface area contributed by atoms with E-state index < -0.39 is 0 Å². The summed E-state index contributed by atoms with van der Waals surface area (Å²) in [6.07, 6.45) is 2.26. The van der Waals surface area contributed by atoms with Crippen molar-refractivity contribution in [1.82, 2.24) is 10.1 Å². The molecular formula is C17H18N4O3. The average molecular weight is 326 g/mol. The van der Waals surface area contributed by atoms with E-state index in [-0.39, 0.29) is 6.03 Å². The summed E-state index contributed by atoms with van der Waals surface area (Å²) < 4.78 is 10.5. The summed E-state index contributed by atoms with van der Waals surface area (Å²) in [5.41, 5.74) is 3.54. The van der Waals surface area contributed by atoms with Crippen molar-refractivity contribution < 1.29 is 13.7 Å². The maximum absolute atomic E-state index is 12.2. The lowest BCUT2D eigenvalue weighted by Crippen LogP contribution is -2.20. The number of nitrogens with zero attached hydrogens (tertiary/aromatic N) is 2. The molecule has 124 valence electrons. The van der Waals surface area contributed by atoms with Gasteiger partial charge in [0.25, 0.3) is 0 Å². The number of amides is 2. The molecule has 7 heteroatoms. The second-order valence-corrected chi connectivity index (χ2v) is 5.37. The Morgan fingerprint density at radius 3 is 2.79 bits per heavy atom. The van der Waals surface area contributed by atoms with E-state index >= 15 is 0 Å². The summed E-state index contributed by atoms with van der Waals surface area (Å²) >= 11 is 0. The van der Waals surface area contributed by atoms with Gasteiger partial charge >= 0.3 is 6.03 Å². The maximum Gasteiger partial charge on any atom is 0.323 e. The molecule has 2 heterocycles. The summed E-state index contributed by atoms with van der Waals surface area (Å²) in [7, 11) is 0. The molecule has 0 bridgehead atoms. The molecule has 2 aromatic heterocycles. The van der Waals surface area contributed by atoms with E-state index in [9.17, 15) is 4.79 Å². The quantitative estimate of drug-likeness (QED) is 0.751. The number of carbonyl (C=O) groups is 1. The smallest absolute Gasteiger partial charge is 0.323 e. The van der Waals surface area contributed by atoms with Crippen molar-refractivity contribution in [3.63, 3.8) is 0 Å². The molecule has 1 aromatic carbocycles. The molecule has 0 aliphatic carbocycles. The molecule has 3 aromatic rings. The van der Waals surface area contributed by atoms with Gasteiger partial charge in [-0.15, -0.1) is 0 Å². The molecule has 0 saturated carbocycles. The summed E-state index contributed by atoms with van der Waals surface area (Å²) in [4.78, 5) is 16.5. The van der Waals surface area contributed by atoms with Crippen LogP contribution < -0.4 is 10.6 Å². The first-order chi connectivity index (χ1) is 11.6. The van der Waals surface area contributed by atoms with Gasteiger partial charge in [0, 0.05) is 11.3 Å². The lowest BCUT2D eigenvalue weighted by Gasteiger charge is -2.08. The standard InChI is InChI=1S/C17H18N4O3/c1-4-14-15(11(3)24-21-14)20-17(22)19-13-7-5-6-12(8-13)16-18-10(2)9-23-16/h5-9H,4H2,1-3H3,(H2,19,20,22). The van der Waals surface area contributed by atoms with E-state index in [4.69, 9.17) is 8.94 Å². The summed E-state index contributed by atoms with van der Waals surface area (Å²) in [6.45, 7) is 5.56. The molecule has 0 radical (unpaired) electrons. The first-order valence-corrected chi connectivity index (χ1v) is 7.62. The molecule has 0 spiro atoms. The third kappa shape index (κ3) is 3.29. The van der Waals surface area contributed by atoms with Gasteiger partial charge in [0.05, 0.1) is 5.69 Å². The average Bonchev–Trinajstić information content (AvgIpc) is 3.14. The number of aromatic nitrogens is 2. The van der Waals surface area contributed by atoms with Crippen LogP contribution in [0.2, 0.25) is 0 Å². The zero-order chi connectivity index (χ0) is 17.1. The third-order valence-corrected chi connectivity index (χ3v) is 3.49. The van der Waals surface area contributed by atoms with E-state index in [1.165, 1.54) is 0 Å². The third-order valence-electron chi connectivity index (χ3n) is 3.49. The molecule has 0 atom stereocenters. The lowest BCUT2D eigenvalue weighted by atomic mass is 10.2. The van der Waals surface area contributed by atoms with Crippen molar-refractivity contribution in [3.05, 3.63) is 47.7 Å². The van der Waals surface area contributed by atoms with Crippen LogP contribution >= 0.6 is 0 Å². The van der Waals surface area contributed by atoms with Gasteiger partial charge in [-0.3, -0.25) is 0 Å². The van der Waals surface area contributed by atoms with Gasteiger partial charge in [-0.25, -0.2) is 9.78 Å². The minimum Gasteiger partial charge on any atom is -0.444 e. The van der Waals surface area contributed by atoms with Crippen LogP contribution in [0.4, 0.5) is 16.2 Å². The highest BCUT2D eigenvalue weighted by Gasteiger charge is 2.14. The fourth-order valence-electron chi connectivity index (χ4n) is 2.31. The second kappa shape index (κ2) is 6.57. The van der Waals surface area contributed by atoms with Crippen molar-refractivity contribution >= 4 is 17.4 Å². The monoisotopic (exact) mass is 326 g/mol. The molecule has 0 aliphatic rings. The minimum absolute atomic E-state index is 0.364. The molecule has 0 aliphatic heterocycles. The Bertz CT molecular complexity index is 866. The number of carbonyl (C=O) groups excluding carboxylic acids is 1. The van der Waals surface area contributed by atoms with E-state index in [0.717, 1.165) is 11.3 Å². The number of aryl methyl sites for hydroxylation is 3. The number of nitrogens with one attached hydrogen (secondary N) is 2. The molecule has 0 fully saturated rings. The van der Waals surface area contributed by atoms with Crippen molar-refractivity contribution in [2.45, 2.75) is 27.2 Å². The van der Waals surface area contributed by atoms with Crippen LogP contribution in [-0.4, -0.2) is 16.2 Å². The predicted octanol–water partition coefficient (Wildman–Crippen LogP) is 4.15.